The van der Waals surface area contributed by atoms with Crippen LogP contribution in [-0.2, 0) is 0 Å². The molecule has 3 heterocycles. The number of allylic oxidation sites excluding steroid dienone is 1. The SMILES string of the molecule is CCCCC(CC)c1nc2n(n1)C(=O)C(C#N)=C(C)C2Nc1sc(N(CCCC)CCCC)nc1C(C)C. The lowest BCUT2D eigenvalue weighted by molar-refractivity contribution is 0.0933. The summed E-state index contributed by atoms with van der Waals surface area (Å²) in [5.74, 6) is 1.29. The summed E-state index contributed by atoms with van der Waals surface area (Å²) in [6.07, 6.45) is 8.63. The van der Waals surface area contributed by atoms with Crippen molar-refractivity contribution in [3.05, 3.63) is 28.5 Å². The third kappa shape index (κ3) is 6.45. The van der Waals surface area contributed by atoms with E-state index in [0.29, 0.717) is 17.2 Å². The van der Waals surface area contributed by atoms with Gasteiger partial charge in [0, 0.05) is 19.0 Å². The van der Waals surface area contributed by atoms with Crippen LogP contribution in [0.3, 0.4) is 0 Å². The van der Waals surface area contributed by atoms with E-state index in [9.17, 15) is 10.1 Å². The van der Waals surface area contributed by atoms with E-state index in [1.807, 2.05) is 6.92 Å². The maximum atomic E-state index is 13.2. The van der Waals surface area contributed by atoms with Gasteiger partial charge < -0.3 is 10.2 Å². The van der Waals surface area contributed by atoms with Crippen LogP contribution in [0.1, 0.15) is 140 Å². The number of carbonyl (C=O) groups is 1. The normalized spacial score (nSPS) is 16.1. The molecule has 0 aliphatic carbocycles. The van der Waals surface area contributed by atoms with Gasteiger partial charge in [0.1, 0.15) is 22.7 Å². The summed E-state index contributed by atoms with van der Waals surface area (Å²) in [6.45, 7) is 16.9. The number of aromatic nitrogens is 4. The van der Waals surface area contributed by atoms with Gasteiger partial charge in [0.25, 0.3) is 5.91 Å². The van der Waals surface area contributed by atoms with Gasteiger partial charge in [-0.05, 0) is 44.1 Å². The molecule has 0 aromatic carbocycles. The number of nitrogens with zero attached hydrogens (tertiary/aromatic N) is 6. The van der Waals surface area contributed by atoms with E-state index in [1.54, 1.807) is 11.3 Å². The average molecular weight is 540 g/mol. The largest absolute Gasteiger partial charge is 0.362 e. The molecule has 1 aliphatic heterocycles. The van der Waals surface area contributed by atoms with E-state index in [4.69, 9.17) is 9.97 Å². The lowest BCUT2D eigenvalue weighted by Gasteiger charge is -2.24. The van der Waals surface area contributed by atoms with Crippen LogP contribution in [0.25, 0.3) is 0 Å². The number of fused-ring (bicyclic) bond motifs is 1. The number of rotatable bonds is 15. The van der Waals surface area contributed by atoms with Crippen molar-refractivity contribution < 1.29 is 4.79 Å². The molecular weight excluding hydrogens is 494 g/mol. The van der Waals surface area contributed by atoms with Gasteiger partial charge in [0.15, 0.2) is 16.8 Å². The van der Waals surface area contributed by atoms with Crippen LogP contribution >= 0.6 is 11.3 Å². The van der Waals surface area contributed by atoms with Crippen molar-refractivity contribution in [1.29, 1.82) is 5.26 Å². The Labute approximate surface area is 232 Å². The van der Waals surface area contributed by atoms with E-state index < -0.39 is 6.04 Å². The molecule has 8 nitrogen and oxygen atoms in total. The molecule has 0 amide bonds. The molecule has 1 aliphatic rings. The summed E-state index contributed by atoms with van der Waals surface area (Å²) in [7, 11) is 0. The lowest BCUT2D eigenvalue weighted by Crippen LogP contribution is -2.30. The van der Waals surface area contributed by atoms with Crippen molar-refractivity contribution in [1.82, 2.24) is 19.7 Å². The predicted octanol–water partition coefficient (Wildman–Crippen LogP) is 7.60. The maximum Gasteiger partial charge on any atom is 0.290 e. The molecular formula is C29H45N7OS. The van der Waals surface area contributed by atoms with Crippen LogP contribution in [0.5, 0.6) is 0 Å². The fraction of sp³-hybridized carbons (Fsp3) is 0.690. The fourth-order valence-electron chi connectivity index (χ4n) is 4.82. The zero-order chi connectivity index (χ0) is 27.8. The second kappa shape index (κ2) is 13.9. The first-order valence-electron chi connectivity index (χ1n) is 14.5. The Kier molecular flexibility index (Phi) is 10.9. The average Bonchev–Trinajstić information content (AvgIpc) is 3.53. The highest BCUT2D eigenvalue weighted by molar-refractivity contribution is 7.19. The van der Waals surface area contributed by atoms with Crippen molar-refractivity contribution >= 4 is 27.4 Å². The Balaban J connectivity index is 2.04. The van der Waals surface area contributed by atoms with E-state index in [1.165, 1.54) is 4.68 Å². The summed E-state index contributed by atoms with van der Waals surface area (Å²) in [4.78, 5) is 25.6. The van der Waals surface area contributed by atoms with Crippen molar-refractivity contribution in [2.24, 2.45) is 0 Å². The van der Waals surface area contributed by atoms with Crippen molar-refractivity contribution in [2.75, 3.05) is 23.3 Å². The van der Waals surface area contributed by atoms with Gasteiger partial charge in [-0.25, -0.2) is 9.97 Å². The third-order valence-corrected chi connectivity index (χ3v) is 8.38. The van der Waals surface area contributed by atoms with Crippen LogP contribution < -0.4 is 10.2 Å². The summed E-state index contributed by atoms with van der Waals surface area (Å²) in [5, 5.41) is 20.2. The Hall–Kier alpha value is -2.73. The summed E-state index contributed by atoms with van der Waals surface area (Å²) < 4.78 is 1.36. The molecule has 208 valence electrons. The molecule has 2 atom stereocenters. The van der Waals surface area contributed by atoms with Crippen LogP contribution in [0.4, 0.5) is 10.1 Å². The zero-order valence-corrected chi connectivity index (χ0v) is 25.1. The van der Waals surface area contributed by atoms with Gasteiger partial charge in [-0.2, -0.15) is 9.94 Å². The molecule has 0 saturated carbocycles. The van der Waals surface area contributed by atoms with Crippen molar-refractivity contribution in [3.8, 4) is 6.07 Å². The fourth-order valence-corrected chi connectivity index (χ4v) is 6.02. The molecule has 9 heteroatoms. The van der Waals surface area contributed by atoms with Gasteiger partial charge in [0.2, 0.25) is 0 Å². The van der Waals surface area contributed by atoms with Gasteiger partial charge in [-0.1, -0.05) is 78.6 Å². The number of nitriles is 1. The number of hydrogen-bond acceptors (Lipinski definition) is 8. The molecule has 1 N–H and O–H groups in total. The minimum atomic E-state index is -0.419. The number of thiazole rings is 1. The van der Waals surface area contributed by atoms with Crippen LogP contribution in [-0.4, -0.2) is 38.7 Å². The first-order valence-corrected chi connectivity index (χ1v) is 15.3. The first-order chi connectivity index (χ1) is 18.3. The number of anilines is 2. The predicted molar refractivity (Wildman–Crippen MR) is 156 cm³/mol. The highest BCUT2D eigenvalue weighted by atomic mass is 32.1. The molecule has 38 heavy (non-hydrogen) atoms. The summed E-state index contributed by atoms with van der Waals surface area (Å²) in [6, 6.07) is 1.72. The molecule has 3 rings (SSSR count). The van der Waals surface area contributed by atoms with E-state index in [0.717, 1.165) is 80.3 Å². The molecule has 0 bridgehead atoms. The number of carbonyl (C=O) groups excluding carboxylic acids is 1. The number of unbranched alkanes of at least 4 members (excludes halogenated alkanes) is 3. The highest BCUT2D eigenvalue weighted by Crippen LogP contribution is 2.40. The lowest BCUT2D eigenvalue weighted by atomic mass is 9.97. The Morgan fingerprint density at radius 3 is 2.29 bits per heavy atom. The minimum Gasteiger partial charge on any atom is -0.362 e. The summed E-state index contributed by atoms with van der Waals surface area (Å²) in [5.41, 5.74) is 1.83. The third-order valence-electron chi connectivity index (χ3n) is 7.31. The highest BCUT2D eigenvalue weighted by Gasteiger charge is 2.36. The Bertz CT molecular complexity index is 1150. The summed E-state index contributed by atoms with van der Waals surface area (Å²) >= 11 is 1.66. The van der Waals surface area contributed by atoms with E-state index in [-0.39, 0.29) is 23.3 Å². The molecule has 0 saturated heterocycles. The molecule has 2 unspecified atom stereocenters. The van der Waals surface area contributed by atoms with Gasteiger partial charge in [0.05, 0.1) is 5.69 Å². The van der Waals surface area contributed by atoms with Crippen LogP contribution in [0, 0.1) is 11.3 Å². The quantitative estimate of drug-likeness (QED) is 0.249. The topological polar surface area (TPSA) is 99.7 Å². The van der Waals surface area contributed by atoms with Gasteiger partial charge in [-0.3, -0.25) is 4.79 Å². The maximum absolute atomic E-state index is 13.2. The van der Waals surface area contributed by atoms with Crippen LogP contribution in [0.15, 0.2) is 11.1 Å². The second-order valence-electron chi connectivity index (χ2n) is 10.6. The first kappa shape index (κ1) is 29.8. The number of nitrogens with one attached hydrogen (secondary N) is 1. The molecule has 2 aromatic heterocycles. The smallest absolute Gasteiger partial charge is 0.290 e. The minimum absolute atomic E-state index is 0.136. The Morgan fingerprint density at radius 1 is 1.08 bits per heavy atom. The molecule has 2 aromatic rings. The van der Waals surface area contributed by atoms with Crippen molar-refractivity contribution in [3.63, 3.8) is 0 Å². The van der Waals surface area contributed by atoms with Crippen molar-refractivity contribution in [2.45, 2.75) is 118 Å². The zero-order valence-electron chi connectivity index (χ0n) is 24.3. The van der Waals surface area contributed by atoms with E-state index in [2.05, 4.69) is 62.9 Å². The monoisotopic (exact) mass is 539 g/mol. The Morgan fingerprint density at radius 2 is 1.74 bits per heavy atom. The van der Waals surface area contributed by atoms with E-state index >= 15 is 0 Å². The number of hydrogen-bond donors (Lipinski definition) is 1. The molecule has 0 spiro atoms. The van der Waals surface area contributed by atoms with Gasteiger partial charge >= 0.3 is 0 Å². The van der Waals surface area contributed by atoms with Gasteiger partial charge in [-0.15, -0.1) is 5.10 Å². The van der Waals surface area contributed by atoms with Crippen LogP contribution in [0.2, 0.25) is 0 Å². The molecule has 0 fully saturated rings. The molecule has 0 radical (unpaired) electrons. The second-order valence-corrected chi connectivity index (χ2v) is 11.6. The standard InChI is InChI=1S/C29H45N7OS/c1-8-12-15-21(11-4)25-33-26-24(20(7)22(18-30)28(37)36(26)34-25)31-27-23(19(5)6)32-29(38-27)35(16-13-9-2)17-14-10-3/h19,21,24,31H,8-17H2,1-7H3.